The normalized spacial score (nSPS) is 17.9. The number of imide groups is 1. The van der Waals surface area contributed by atoms with Gasteiger partial charge in [0, 0.05) is 14.1 Å². The van der Waals surface area contributed by atoms with Gasteiger partial charge in [0.2, 0.25) is 5.91 Å². The number of aromatic nitrogens is 3. The summed E-state index contributed by atoms with van der Waals surface area (Å²) >= 11 is 0. The van der Waals surface area contributed by atoms with Crippen LogP contribution in [0.25, 0.3) is 11.0 Å². The fourth-order valence-electron chi connectivity index (χ4n) is 4.02. The first-order valence-corrected chi connectivity index (χ1v) is 9.23. The van der Waals surface area contributed by atoms with Crippen molar-refractivity contribution >= 4 is 34.6 Å². The van der Waals surface area contributed by atoms with Gasteiger partial charge < -0.3 is 10.6 Å². The van der Waals surface area contributed by atoms with Crippen LogP contribution in [-0.2, 0) is 23.7 Å². The molecule has 152 valence electrons. The first-order valence-electron chi connectivity index (χ1n) is 9.23. The molecule has 4 amide bonds. The molecule has 29 heavy (non-hydrogen) atoms. The van der Waals surface area contributed by atoms with Crippen molar-refractivity contribution < 1.29 is 14.4 Å². The number of hydrogen-bond acceptors (Lipinski definition) is 6. The molecule has 2 aromatic heterocycles. The second-order valence-electron chi connectivity index (χ2n) is 7.46. The predicted molar refractivity (Wildman–Crippen MR) is 102 cm³/mol. The van der Waals surface area contributed by atoms with E-state index in [-0.39, 0.29) is 22.6 Å². The lowest BCUT2D eigenvalue weighted by Crippen LogP contribution is -2.44. The van der Waals surface area contributed by atoms with Gasteiger partial charge in [-0.3, -0.25) is 28.4 Å². The van der Waals surface area contributed by atoms with E-state index >= 15 is 0 Å². The molecule has 3 heterocycles. The van der Waals surface area contributed by atoms with E-state index in [1.54, 1.807) is 0 Å². The summed E-state index contributed by atoms with van der Waals surface area (Å²) in [6.07, 6.45) is 4.17. The second-order valence-corrected chi connectivity index (χ2v) is 7.46. The number of amides is 4. The van der Waals surface area contributed by atoms with Crippen LogP contribution in [0.5, 0.6) is 0 Å². The van der Waals surface area contributed by atoms with Gasteiger partial charge in [0.25, 0.3) is 11.5 Å². The van der Waals surface area contributed by atoms with Crippen LogP contribution >= 0.6 is 0 Å². The monoisotopic (exact) mass is 400 g/mol. The molecule has 4 rings (SSSR count). The Kier molecular flexibility index (Phi) is 4.25. The number of pyridine rings is 1. The molecule has 1 aliphatic heterocycles. The summed E-state index contributed by atoms with van der Waals surface area (Å²) in [5.74, 6) is -0.970. The molecule has 0 radical (unpaired) electrons. The van der Waals surface area contributed by atoms with Crippen LogP contribution in [0.1, 0.15) is 25.7 Å². The molecule has 2 aromatic rings. The highest BCUT2D eigenvalue weighted by Gasteiger charge is 2.52. The fraction of sp³-hybridized carbons (Fsp3) is 0.444. The summed E-state index contributed by atoms with van der Waals surface area (Å²) in [6, 6.07) is 0.833. The number of hydrogen-bond donors (Lipinski definition) is 2. The Morgan fingerprint density at radius 2 is 1.86 bits per heavy atom. The molecule has 1 saturated carbocycles. The van der Waals surface area contributed by atoms with Crippen molar-refractivity contribution in [1.82, 2.24) is 24.3 Å². The quantitative estimate of drug-likeness (QED) is 0.663. The van der Waals surface area contributed by atoms with Crippen molar-refractivity contribution in [3.63, 3.8) is 0 Å². The third kappa shape index (κ3) is 2.89. The molecule has 0 atom stereocenters. The highest BCUT2D eigenvalue weighted by molar-refractivity contribution is 6.10. The van der Waals surface area contributed by atoms with Gasteiger partial charge in [0.15, 0.2) is 0 Å². The molecule has 1 spiro atoms. The summed E-state index contributed by atoms with van der Waals surface area (Å²) in [4.78, 5) is 66.5. The summed E-state index contributed by atoms with van der Waals surface area (Å²) in [5.41, 5.74) is -1.51. The lowest BCUT2D eigenvalue weighted by molar-refractivity contribution is -0.133. The van der Waals surface area contributed by atoms with Gasteiger partial charge in [-0.1, -0.05) is 12.8 Å². The van der Waals surface area contributed by atoms with E-state index in [0.717, 1.165) is 22.3 Å². The minimum absolute atomic E-state index is 0.160. The van der Waals surface area contributed by atoms with Gasteiger partial charge in [-0.15, -0.1) is 0 Å². The number of carbonyl (C=O) groups excluding carboxylic acids is 3. The highest BCUT2D eigenvalue weighted by Crippen LogP contribution is 2.34. The van der Waals surface area contributed by atoms with Crippen molar-refractivity contribution in [2.75, 3.05) is 11.9 Å². The number of aryl methyl sites for hydroxylation is 1. The predicted octanol–water partition coefficient (Wildman–Crippen LogP) is -0.565. The minimum atomic E-state index is -0.876. The smallest absolute Gasteiger partial charge is 0.323 e. The average molecular weight is 400 g/mol. The summed E-state index contributed by atoms with van der Waals surface area (Å²) in [7, 11) is 2.84. The van der Waals surface area contributed by atoms with E-state index in [4.69, 9.17) is 0 Å². The molecule has 11 nitrogen and oxygen atoms in total. The largest absolute Gasteiger partial charge is 0.332 e. The maximum absolute atomic E-state index is 12.6. The topological polar surface area (TPSA) is 135 Å². The number of rotatable bonds is 3. The molecule has 0 unspecified atom stereocenters. The van der Waals surface area contributed by atoms with Crippen molar-refractivity contribution in [3.05, 3.63) is 33.1 Å². The van der Waals surface area contributed by atoms with Gasteiger partial charge in [-0.05, 0) is 18.9 Å². The number of nitrogens with zero attached hydrogens (tertiary/aromatic N) is 4. The van der Waals surface area contributed by atoms with Gasteiger partial charge in [0.05, 0.1) is 17.3 Å². The average Bonchev–Trinajstić information content (AvgIpc) is 3.25. The number of urea groups is 1. The van der Waals surface area contributed by atoms with Crippen molar-refractivity contribution in [2.24, 2.45) is 14.1 Å². The fourth-order valence-corrected chi connectivity index (χ4v) is 4.02. The summed E-state index contributed by atoms with van der Waals surface area (Å²) < 4.78 is 2.18. The lowest BCUT2D eigenvalue weighted by atomic mass is 9.98. The van der Waals surface area contributed by atoms with Gasteiger partial charge >= 0.3 is 11.7 Å². The second kappa shape index (κ2) is 6.54. The van der Waals surface area contributed by atoms with E-state index in [9.17, 15) is 24.0 Å². The lowest BCUT2D eigenvalue weighted by Gasteiger charge is -2.19. The molecular formula is C18H20N6O5. The molecule has 2 aliphatic rings. The third-order valence-electron chi connectivity index (χ3n) is 5.58. The zero-order chi connectivity index (χ0) is 20.9. The van der Waals surface area contributed by atoms with E-state index in [1.165, 1.54) is 30.9 Å². The maximum Gasteiger partial charge on any atom is 0.332 e. The van der Waals surface area contributed by atoms with E-state index in [1.807, 2.05) is 0 Å². The van der Waals surface area contributed by atoms with Gasteiger partial charge in [0.1, 0.15) is 17.7 Å². The van der Waals surface area contributed by atoms with Crippen molar-refractivity contribution in [2.45, 2.75) is 31.2 Å². The van der Waals surface area contributed by atoms with E-state index in [2.05, 4.69) is 15.6 Å². The van der Waals surface area contributed by atoms with Gasteiger partial charge in [-0.2, -0.15) is 0 Å². The number of fused-ring (bicyclic) bond motifs is 1. The van der Waals surface area contributed by atoms with Crippen molar-refractivity contribution in [1.29, 1.82) is 0 Å². The molecule has 0 bridgehead atoms. The van der Waals surface area contributed by atoms with Crippen LogP contribution in [0.3, 0.4) is 0 Å². The highest BCUT2D eigenvalue weighted by atomic mass is 16.2. The Morgan fingerprint density at radius 1 is 1.17 bits per heavy atom. The number of anilines is 1. The SMILES string of the molecule is Cn1c(=O)c2cc(NC(=O)CN3C(=O)NC4(CCCC4)C3=O)cnc2n(C)c1=O. The molecule has 2 fully saturated rings. The molecule has 2 N–H and O–H groups in total. The van der Waals surface area contributed by atoms with Crippen LogP contribution in [0.2, 0.25) is 0 Å². The first kappa shape index (κ1) is 18.8. The summed E-state index contributed by atoms with van der Waals surface area (Å²) in [5, 5.41) is 5.43. The Labute approximate surface area is 164 Å². The van der Waals surface area contributed by atoms with Crippen LogP contribution in [-0.4, -0.2) is 48.9 Å². The number of nitrogens with one attached hydrogen (secondary N) is 2. The van der Waals surface area contributed by atoms with E-state index < -0.39 is 35.3 Å². The Morgan fingerprint density at radius 3 is 2.55 bits per heavy atom. The molecule has 1 aliphatic carbocycles. The number of carbonyl (C=O) groups is 3. The van der Waals surface area contributed by atoms with Gasteiger partial charge in [-0.25, -0.2) is 14.6 Å². The maximum atomic E-state index is 12.6. The van der Waals surface area contributed by atoms with Crippen LogP contribution < -0.4 is 21.9 Å². The van der Waals surface area contributed by atoms with Crippen LogP contribution in [0.4, 0.5) is 10.5 Å². The zero-order valence-corrected chi connectivity index (χ0v) is 16.0. The summed E-state index contributed by atoms with van der Waals surface area (Å²) in [6.45, 7) is -0.435. The van der Waals surface area contributed by atoms with E-state index in [0.29, 0.717) is 12.8 Å². The molecule has 0 aromatic carbocycles. The van der Waals surface area contributed by atoms with Crippen LogP contribution in [0, 0.1) is 0 Å². The van der Waals surface area contributed by atoms with Crippen molar-refractivity contribution in [3.8, 4) is 0 Å². The zero-order valence-electron chi connectivity index (χ0n) is 16.0. The molecule has 11 heteroatoms. The molecule has 1 saturated heterocycles. The Balaban J connectivity index is 1.55. The third-order valence-corrected chi connectivity index (χ3v) is 5.58. The standard InChI is InChI=1S/C18H20N6O5/c1-22-13-11(14(26)23(2)17(22)29)7-10(8-19-13)20-12(25)9-24-15(27)18(21-16(24)28)5-3-4-6-18/h7-8H,3-6,9H2,1-2H3,(H,20,25)(H,21,28). The Bertz CT molecular complexity index is 1170. The minimum Gasteiger partial charge on any atom is -0.323 e. The Hall–Kier alpha value is -3.50. The van der Waals surface area contributed by atoms with Crippen LogP contribution in [0.15, 0.2) is 21.9 Å². The first-order chi connectivity index (χ1) is 13.7. The molecular weight excluding hydrogens is 380 g/mol.